The third-order valence-corrected chi connectivity index (χ3v) is 1.28. The van der Waals surface area contributed by atoms with Crippen molar-refractivity contribution in [3.8, 4) is 0 Å². The molecule has 0 aliphatic carbocycles. The minimum atomic E-state index is -4.25. The average Bonchev–Trinajstić information content (AvgIpc) is 2.33. The summed E-state index contributed by atoms with van der Waals surface area (Å²) in [5.74, 6) is 0.180. The zero-order valence-corrected chi connectivity index (χ0v) is 6.94. The summed E-state index contributed by atoms with van der Waals surface area (Å²) >= 11 is 0. The van der Waals surface area contributed by atoms with E-state index in [-0.39, 0.29) is 5.82 Å². The van der Waals surface area contributed by atoms with Crippen molar-refractivity contribution in [2.24, 2.45) is 0 Å². The number of rotatable bonds is 3. The van der Waals surface area contributed by atoms with Crippen LogP contribution in [-0.4, -0.2) is 28.4 Å². The Morgan fingerprint density at radius 2 is 2.15 bits per heavy atom. The highest BCUT2D eigenvalue weighted by molar-refractivity contribution is 4.91. The van der Waals surface area contributed by atoms with Gasteiger partial charge in [-0.15, -0.1) is 0 Å². The molecular formula is C6H9F3N4. The molecule has 0 saturated heterocycles. The van der Waals surface area contributed by atoms with Crippen molar-refractivity contribution in [2.45, 2.75) is 19.1 Å². The normalized spacial score (nSPS) is 12.0. The maximum absolute atomic E-state index is 11.8. The lowest BCUT2D eigenvalue weighted by Gasteiger charge is -2.00. The van der Waals surface area contributed by atoms with E-state index in [0.717, 1.165) is 0 Å². The van der Waals surface area contributed by atoms with Gasteiger partial charge in [-0.2, -0.15) is 18.3 Å². The lowest BCUT2D eigenvalue weighted by molar-refractivity contribution is -0.128. The first-order chi connectivity index (χ1) is 6.01. The Labute approximate surface area is 72.6 Å². The van der Waals surface area contributed by atoms with Crippen LogP contribution in [0.15, 0.2) is 0 Å². The average molecular weight is 194 g/mol. The van der Waals surface area contributed by atoms with Crippen molar-refractivity contribution in [1.82, 2.24) is 20.5 Å². The number of alkyl halides is 3. The zero-order valence-electron chi connectivity index (χ0n) is 6.94. The van der Waals surface area contributed by atoms with Crippen molar-refractivity contribution in [3.63, 3.8) is 0 Å². The van der Waals surface area contributed by atoms with Gasteiger partial charge in [0.05, 0.1) is 6.54 Å². The maximum atomic E-state index is 11.8. The van der Waals surface area contributed by atoms with Gasteiger partial charge in [-0.3, -0.25) is 5.10 Å². The van der Waals surface area contributed by atoms with Crippen molar-refractivity contribution in [3.05, 3.63) is 11.6 Å². The van der Waals surface area contributed by atoms with Gasteiger partial charge in [0, 0.05) is 0 Å². The lowest BCUT2D eigenvalue weighted by Crippen LogP contribution is -2.13. The molecule has 1 aromatic heterocycles. The van der Waals surface area contributed by atoms with E-state index in [4.69, 9.17) is 0 Å². The molecule has 13 heavy (non-hydrogen) atoms. The van der Waals surface area contributed by atoms with Crippen LogP contribution in [0.5, 0.6) is 0 Å². The van der Waals surface area contributed by atoms with E-state index in [2.05, 4.69) is 20.5 Å². The Morgan fingerprint density at radius 3 is 2.69 bits per heavy atom. The number of H-pyrrole nitrogens is 1. The number of nitrogens with zero attached hydrogens (tertiary/aromatic N) is 2. The van der Waals surface area contributed by atoms with Gasteiger partial charge in [-0.05, 0) is 7.05 Å². The van der Waals surface area contributed by atoms with Crippen LogP contribution < -0.4 is 5.32 Å². The third-order valence-electron chi connectivity index (χ3n) is 1.28. The van der Waals surface area contributed by atoms with Crippen LogP contribution in [0.3, 0.4) is 0 Å². The quantitative estimate of drug-likeness (QED) is 0.742. The summed E-state index contributed by atoms with van der Waals surface area (Å²) in [6.45, 7) is 0.380. The molecule has 4 nitrogen and oxygen atoms in total. The van der Waals surface area contributed by atoms with Crippen molar-refractivity contribution < 1.29 is 13.2 Å². The second kappa shape index (κ2) is 3.73. The minimum Gasteiger partial charge on any atom is -0.313 e. The van der Waals surface area contributed by atoms with Gasteiger partial charge in [0.15, 0.2) is 5.82 Å². The highest BCUT2D eigenvalue weighted by Gasteiger charge is 2.29. The summed E-state index contributed by atoms with van der Waals surface area (Å²) in [6.07, 6.45) is -5.34. The Morgan fingerprint density at radius 1 is 1.46 bits per heavy atom. The largest absolute Gasteiger partial charge is 0.396 e. The first-order valence-corrected chi connectivity index (χ1v) is 3.63. The third kappa shape index (κ3) is 3.41. The molecule has 0 unspecified atom stereocenters. The fraction of sp³-hybridized carbons (Fsp3) is 0.667. The van der Waals surface area contributed by atoms with Crippen LogP contribution in [0, 0.1) is 0 Å². The molecule has 7 heteroatoms. The maximum Gasteiger partial charge on any atom is 0.396 e. The molecular weight excluding hydrogens is 185 g/mol. The molecule has 1 aromatic rings. The SMILES string of the molecule is CNCc1nc(CC(F)(F)F)n[nH]1. The molecule has 0 fully saturated rings. The van der Waals surface area contributed by atoms with Gasteiger partial charge >= 0.3 is 6.18 Å². The Balaban J connectivity index is 2.59. The molecule has 0 aliphatic rings. The Hall–Kier alpha value is -1.11. The lowest BCUT2D eigenvalue weighted by atomic mass is 10.4. The van der Waals surface area contributed by atoms with Crippen LogP contribution >= 0.6 is 0 Å². The van der Waals surface area contributed by atoms with Crippen molar-refractivity contribution in [2.75, 3.05) is 7.05 Å². The fourth-order valence-corrected chi connectivity index (χ4v) is 0.840. The van der Waals surface area contributed by atoms with Gasteiger partial charge in [-0.1, -0.05) is 0 Å². The molecule has 0 radical (unpaired) electrons. The molecule has 0 bridgehead atoms. The molecule has 0 aliphatic heterocycles. The van der Waals surface area contributed by atoms with Crippen LogP contribution in [0.2, 0.25) is 0 Å². The summed E-state index contributed by atoms with van der Waals surface area (Å²) in [4.78, 5) is 3.64. The first kappa shape index (κ1) is 9.97. The van der Waals surface area contributed by atoms with E-state index in [9.17, 15) is 13.2 Å². The summed E-state index contributed by atoms with van der Waals surface area (Å²) in [6, 6.07) is 0. The molecule has 0 spiro atoms. The van der Waals surface area contributed by atoms with Crippen LogP contribution in [0.25, 0.3) is 0 Å². The van der Waals surface area contributed by atoms with E-state index in [1.165, 1.54) is 0 Å². The van der Waals surface area contributed by atoms with E-state index in [1.807, 2.05) is 0 Å². The zero-order chi connectivity index (χ0) is 9.90. The summed E-state index contributed by atoms with van der Waals surface area (Å²) in [7, 11) is 1.67. The van der Waals surface area contributed by atoms with E-state index in [0.29, 0.717) is 12.4 Å². The highest BCUT2D eigenvalue weighted by Crippen LogP contribution is 2.18. The number of hydrogen-bond donors (Lipinski definition) is 2. The second-order valence-corrected chi connectivity index (χ2v) is 2.52. The molecule has 0 amide bonds. The van der Waals surface area contributed by atoms with E-state index in [1.54, 1.807) is 7.05 Å². The molecule has 0 aromatic carbocycles. The monoisotopic (exact) mass is 194 g/mol. The molecule has 2 N–H and O–H groups in total. The summed E-state index contributed by atoms with van der Waals surface area (Å²) in [5.41, 5.74) is 0. The second-order valence-electron chi connectivity index (χ2n) is 2.52. The summed E-state index contributed by atoms with van der Waals surface area (Å²) < 4.78 is 35.5. The number of nitrogens with one attached hydrogen (secondary N) is 2. The standard InChI is InChI=1S/C6H9F3N4/c1-10-3-5-11-4(12-13-5)2-6(7,8)9/h10H,2-3H2,1H3,(H,11,12,13). The van der Waals surface area contributed by atoms with Crippen molar-refractivity contribution >= 4 is 0 Å². The molecule has 1 rings (SSSR count). The van der Waals surface area contributed by atoms with Crippen LogP contribution in [0.4, 0.5) is 13.2 Å². The Bertz CT molecular complexity index is 267. The highest BCUT2D eigenvalue weighted by atomic mass is 19.4. The molecule has 1 heterocycles. The number of halogens is 3. The number of aromatic amines is 1. The van der Waals surface area contributed by atoms with Gasteiger partial charge in [-0.25, -0.2) is 4.98 Å². The Kier molecular flexibility index (Phi) is 2.86. The minimum absolute atomic E-state index is 0.224. The number of hydrogen-bond acceptors (Lipinski definition) is 3. The predicted octanol–water partition coefficient (Wildman–Crippen LogP) is 0.629. The predicted molar refractivity (Wildman–Crippen MR) is 38.9 cm³/mol. The van der Waals surface area contributed by atoms with Crippen LogP contribution in [0.1, 0.15) is 11.6 Å². The van der Waals surface area contributed by atoms with Gasteiger partial charge in [0.1, 0.15) is 12.2 Å². The van der Waals surface area contributed by atoms with E-state index < -0.39 is 12.6 Å². The first-order valence-electron chi connectivity index (χ1n) is 3.63. The molecule has 74 valence electrons. The van der Waals surface area contributed by atoms with Gasteiger partial charge in [0.25, 0.3) is 0 Å². The van der Waals surface area contributed by atoms with E-state index >= 15 is 0 Å². The molecule has 0 saturated carbocycles. The van der Waals surface area contributed by atoms with Crippen molar-refractivity contribution in [1.29, 1.82) is 0 Å². The summed E-state index contributed by atoms with van der Waals surface area (Å²) in [5, 5.41) is 8.57. The topological polar surface area (TPSA) is 53.6 Å². The molecule has 0 atom stereocenters. The van der Waals surface area contributed by atoms with Gasteiger partial charge in [0.2, 0.25) is 0 Å². The van der Waals surface area contributed by atoms with Gasteiger partial charge < -0.3 is 5.32 Å². The smallest absolute Gasteiger partial charge is 0.313 e. The fourth-order valence-electron chi connectivity index (χ4n) is 0.840. The van der Waals surface area contributed by atoms with Crippen LogP contribution in [-0.2, 0) is 13.0 Å². The number of aromatic nitrogens is 3.